The number of hydrogen-bond acceptors (Lipinski definition) is 6. The highest BCUT2D eigenvalue weighted by Gasteiger charge is 2.56. The maximum absolute atomic E-state index is 14.5. The average molecular weight is 619 g/mol. The molecule has 4 atom stereocenters. The number of ether oxygens (including phenoxy) is 2. The van der Waals surface area contributed by atoms with Crippen molar-refractivity contribution >= 4 is 22.5 Å². The molecule has 1 N–H and O–H groups in total. The molecular formula is C35H47FN6O3. The fraction of sp³-hybridized carbons (Fsp3) is 0.571. The minimum atomic E-state index is -0.343. The Morgan fingerprint density at radius 1 is 1.09 bits per heavy atom. The van der Waals surface area contributed by atoms with E-state index in [1.807, 2.05) is 18.2 Å². The summed E-state index contributed by atoms with van der Waals surface area (Å²) < 4.78 is 26.4. The Morgan fingerprint density at radius 3 is 2.58 bits per heavy atom. The summed E-state index contributed by atoms with van der Waals surface area (Å²) in [4.78, 5) is 28.2. The number of nitrogens with one attached hydrogen (secondary N) is 1. The number of benzene rings is 2. The van der Waals surface area contributed by atoms with Gasteiger partial charge in [-0.2, -0.15) is 0 Å². The number of aryl methyl sites for hydroxylation is 2. The van der Waals surface area contributed by atoms with E-state index in [4.69, 9.17) is 14.5 Å². The zero-order chi connectivity index (χ0) is 31.7. The molecule has 2 aromatic carbocycles. The van der Waals surface area contributed by atoms with Gasteiger partial charge in [-0.1, -0.05) is 26.8 Å². The molecular weight excluding hydrogens is 571 g/mol. The molecule has 3 aromatic rings. The molecule has 1 unspecified atom stereocenters. The van der Waals surface area contributed by atoms with Crippen molar-refractivity contribution in [3.05, 3.63) is 64.5 Å². The number of aromatic nitrogens is 2. The summed E-state index contributed by atoms with van der Waals surface area (Å²) in [6.07, 6.45) is 4.38. The quantitative estimate of drug-likeness (QED) is 0.270. The summed E-state index contributed by atoms with van der Waals surface area (Å²) in [5.41, 5.74) is 2.28. The maximum Gasteiger partial charge on any atom is 0.261 e. The van der Waals surface area contributed by atoms with E-state index in [9.17, 15) is 9.18 Å². The van der Waals surface area contributed by atoms with Crippen LogP contribution in [0.5, 0.6) is 5.75 Å². The summed E-state index contributed by atoms with van der Waals surface area (Å²) in [7, 11) is 3.26. The molecule has 1 aliphatic heterocycles. The first-order valence-corrected chi connectivity index (χ1v) is 16.3. The maximum atomic E-state index is 14.5. The largest absolute Gasteiger partial charge is 0.497 e. The van der Waals surface area contributed by atoms with Crippen LogP contribution in [0.2, 0.25) is 0 Å². The van der Waals surface area contributed by atoms with Crippen molar-refractivity contribution in [1.29, 1.82) is 0 Å². The van der Waals surface area contributed by atoms with Crippen LogP contribution < -0.4 is 15.6 Å². The first-order chi connectivity index (χ1) is 21.7. The Morgan fingerprint density at radius 2 is 1.89 bits per heavy atom. The van der Waals surface area contributed by atoms with Gasteiger partial charge in [-0.05, 0) is 72.3 Å². The first-order valence-electron chi connectivity index (χ1n) is 16.3. The molecule has 2 heterocycles. The van der Waals surface area contributed by atoms with Gasteiger partial charge in [0, 0.05) is 58.1 Å². The number of rotatable bonds is 9. The van der Waals surface area contributed by atoms with Crippen molar-refractivity contribution in [2.45, 2.75) is 52.6 Å². The fourth-order valence-corrected chi connectivity index (χ4v) is 7.67. The summed E-state index contributed by atoms with van der Waals surface area (Å²) in [6, 6.07) is 10.8. The van der Waals surface area contributed by atoms with Gasteiger partial charge in [-0.15, -0.1) is 0 Å². The molecule has 7 rings (SSSR count). The van der Waals surface area contributed by atoms with E-state index in [2.05, 4.69) is 40.9 Å². The lowest BCUT2D eigenvalue weighted by Crippen LogP contribution is -2.57. The van der Waals surface area contributed by atoms with Crippen molar-refractivity contribution in [2.75, 3.05) is 58.9 Å². The first kappa shape index (κ1) is 31.5. The predicted octanol–water partition coefficient (Wildman–Crippen LogP) is 4.89. The number of guanidine groups is 1. The van der Waals surface area contributed by atoms with Crippen molar-refractivity contribution in [3.8, 4) is 5.75 Å². The van der Waals surface area contributed by atoms with Crippen molar-refractivity contribution in [3.63, 3.8) is 0 Å². The van der Waals surface area contributed by atoms with Gasteiger partial charge in [0.15, 0.2) is 5.96 Å². The number of aliphatic imine (C=N–C) groups is 1. The SMILES string of the molecule is COCCN1CCN(C(=NC2C[C@@H]3C[C@H]([C@@H]2C)C3(C)C)Nc2ccc3c(=O)n(CCc4ccc(OC)cc4F)cnc3c2)CC1. The van der Waals surface area contributed by atoms with Gasteiger partial charge >= 0.3 is 0 Å². The predicted molar refractivity (Wildman–Crippen MR) is 177 cm³/mol. The van der Waals surface area contributed by atoms with E-state index in [1.165, 1.54) is 19.6 Å². The Labute approximate surface area is 265 Å². The van der Waals surface area contributed by atoms with Gasteiger partial charge in [-0.25, -0.2) is 14.4 Å². The molecule has 9 nitrogen and oxygen atoms in total. The van der Waals surface area contributed by atoms with Crippen LogP contribution in [0.4, 0.5) is 10.1 Å². The molecule has 2 bridgehead atoms. The fourth-order valence-electron chi connectivity index (χ4n) is 7.67. The Hall–Kier alpha value is -3.50. The minimum Gasteiger partial charge on any atom is -0.497 e. The van der Waals surface area contributed by atoms with Crippen molar-refractivity contribution < 1.29 is 13.9 Å². The molecule has 0 amide bonds. The number of piperazine rings is 1. The van der Waals surface area contributed by atoms with Gasteiger partial charge in [-0.3, -0.25) is 14.3 Å². The van der Waals surface area contributed by atoms with Gasteiger partial charge in [0.2, 0.25) is 0 Å². The van der Waals surface area contributed by atoms with E-state index in [-0.39, 0.29) is 17.4 Å². The number of nitrogens with zero attached hydrogens (tertiary/aromatic N) is 5. The molecule has 10 heteroatoms. The molecule has 3 aliphatic carbocycles. The molecule has 4 fully saturated rings. The summed E-state index contributed by atoms with van der Waals surface area (Å²) in [5, 5.41) is 4.18. The Bertz CT molecular complexity index is 1600. The third kappa shape index (κ3) is 6.45. The van der Waals surface area contributed by atoms with Crippen LogP contribution >= 0.6 is 0 Å². The third-order valence-electron chi connectivity index (χ3n) is 10.8. The highest BCUT2D eigenvalue weighted by Crippen LogP contribution is 2.61. The number of hydrogen-bond donors (Lipinski definition) is 1. The van der Waals surface area contributed by atoms with Crippen LogP contribution in [0.25, 0.3) is 10.9 Å². The normalized spacial score (nSPS) is 24.8. The minimum absolute atomic E-state index is 0.139. The second-order valence-corrected chi connectivity index (χ2v) is 13.6. The monoisotopic (exact) mass is 618 g/mol. The molecule has 1 aromatic heterocycles. The number of fused-ring (bicyclic) bond motifs is 3. The molecule has 0 spiro atoms. The molecule has 4 aliphatic rings. The topological polar surface area (TPSA) is 84.2 Å². The van der Waals surface area contributed by atoms with Gasteiger partial charge < -0.3 is 19.7 Å². The molecule has 1 saturated heterocycles. The van der Waals surface area contributed by atoms with Crippen molar-refractivity contribution in [2.24, 2.45) is 28.2 Å². The lowest BCUT2D eigenvalue weighted by atomic mass is 9.45. The van der Waals surface area contributed by atoms with Gasteiger partial charge in [0.25, 0.3) is 5.56 Å². The van der Waals surface area contributed by atoms with E-state index >= 15 is 0 Å². The van der Waals surface area contributed by atoms with E-state index in [0.29, 0.717) is 52.4 Å². The molecule has 0 radical (unpaired) electrons. The van der Waals surface area contributed by atoms with Crippen LogP contribution in [0.1, 0.15) is 39.2 Å². The Balaban J connectivity index is 1.20. The van der Waals surface area contributed by atoms with Crippen molar-refractivity contribution in [1.82, 2.24) is 19.4 Å². The van der Waals surface area contributed by atoms with Crippen LogP contribution in [0, 0.1) is 29.0 Å². The standard InChI is InChI=1S/C35H47FN6O3/c1-23-29-18-25(35(29,2)3)19-31(23)39-34(41-14-12-40(13-15-41)16-17-44-4)38-26-7-9-28-32(20-26)37-22-42(33(28)43)11-10-24-6-8-27(45-5)21-30(24)36/h6-9,20-23,25,29,31H,10-19H2,1-5H3,(H,38,39)/t23-,25-,29+,31?/m0/s1. The van der Waals surface area contributed by atoms with Crippen LogP contribution in [-0.2, 0) is 17.7 Å². The second kappa shape index (κ2) is 13.1. The third-order valence-corrected chi connectivity index (χ3v) is 10.8. The highest BCUT2D eigenvalue weighted by atomic mass is 19.1. The van der Waals surface area contributed by atoms with E-state index < -0.39 is 0 Å². The highest BCUT2D eigenvalue weighted by molar-refractivity contribution is 5.96. The number of methoxy groups -OCH3 is 2. The average Bonchev–Trinajstić information content (AvgIpc) is 3.04. The van der Waals surface area contributed by atoms with Crippen LogP contribution in [0.3, 0.4) is 0 Å². The summed E-state index contributed by atoms with van der Waals surface area (Å²) in [5.74, 6) is 3.01. The van der Waals surface area contributed by atoms with Crippen LogP contribution in [0.15, 0.2) is 52.5 Å². The summed E-state index contributed by atoms with van der Waals surface area (Å²) in [6.45, 7) is 12.9. The zero-order valence-electron chi connectivity index (χ0n) is 27.3. The number of halogens is 1. The van der Waals surface area contributed by atoms with E-state index in [0.717, 1.165) is 63.3 Å². The number of anilines is 1. The zero-order valence-corrected chi connectivity index (χ0v) is 27.3. The van der Waals surface area contributed by atoms with Gasteiger partial charge in [0.05, 0.1) is 37.0 Å². The lowest BCUT2D eigenvalue weighted by molar-refractivity contribution is -0.108. The smallest absolute Gasteiger partial charge is 0.261 e. The summed E-state index contributed by atoms with van der Waals surface area (Å²) >= 11 is 0. The van der Waals surface area contributed by atoms with E-state index in [1.54, 1.807) is 30.1 Å². The molecule has 3 saturated carbocycles. The lowest BCUT2D eigenvalue weighted by Gasteiger charge is -2.61. The van der Waals surface area contributed by atoms with Crippen LogP contribution in [-0.4, -0.2) is 84.9 Å². The molecule has 45 heavy (non-hydrogen) atoms. The molecule has 242 valence electrons. The van der Waals surface area contributed by atoms with Gasteiger partial charge in [0.1, 0.15) is 11.6 Å². The second-order valence-electron chi connectivity index (χ2n) is 13.6. The Kier molecular flexibility index (Phi) is 9.15.